The van der Waals surface area contributed by atoms with Crippen molar-refractivity contribution >= 4 is 17.5 Å². The number of nitrogens with zero attached hydrogens (tertiary/aromatic N) is 1. The minimum Gasteiger partial charge on any atom is -0.494 e. The van der Waals surface area contributed by atoms with Crippen molar-refractivity contribution in [1.29, 1.82) is 0 Å². The largest absolute Gasteiger partial charge is 0.494 e. The van der Waals surface area contributed by atoms with E-state index in [0.29, 0.717) is 30.8 Å². The highest BCUT2D eigenvalue weighted by atomic mass is 16.5. The molecule has 3 rings (SSSR count). The van der Waals surface area contributed by atoms with E-state index < -0.39 is 0 Å². The van der Waals surface area contributed by atoms with Gasteiger partial charge in [0, 0.05) is 6.54 Å². The minimum absolute atomic E-state index is 0.0199. The molecule has 0 fully saturated rings. The summed E-state index contributed by atoms with van der Waals surface area (Å²) < 4.78 is 5.67. The summed E-state index contributed by atoms with van der Waals surface area (Å²) in [6.07, 6.45) is 0.683. The third-order valence-corrected chi connectivity index (χ3v) is 3.93. The zero-order valence-corrected chi connectivity index (χ0v) is 13.6. The molecule has 24 heavy (non-hydrogen) atoms. The predicted octanol–water partition coefficient (Wildman–Crippen LogP) is 2.54. The number of nitrogens with one attached hydrogen (secondary N) is 1. The van der Waals surface area contributed by atoms with Gasteiger partial charge >= 0.3 is 0 Å². The summed E-state index contributed by atoms with van der Waals surface area (Å²) in [5.41, 5.74) is 2.20. The Morgan fingerprint density at radius 1 is 1.12 bits per heavy atom. The average molecular weight is 324 g/mol. The maximum atomic E-state index is 12.3. The Bertz CT molecular complexity index is 744. The number of rotatable bonds is 5. The number of hydrogen-bond donors (Lipinski definition) is 1. The number of ether oxygens (including phenoxy) is 1. The Morgan fingerprint density at radius 2 is 1.92 bits per heavy atom. The topological polar surface area (TPSA) is 58.6 Å². The molecule has 0 spiro atoms. The average Bonchev–Trinajstić information content (AvgIpc) is 2.71. The van der Waals surface area contributed by atoms with E-state index >= 15 is 0 Å². The van der Waals surface area contributed by atoms with Crippen LogP contribution in [0.5, 0.6) is 5.75 Å². The van der Waals surface area contributed by atoms with Gasteiger partial charge in [-0.1, -0.05) is 29.8 Å². The lowest BCUT2D eigenvalue weighted by Crippen LogP contribution is -2.37. The molecule has 1 heterocycles. The van der Waals surface area contributed by atoms with Crippen LogP contribution in [-0.2, 0) is 4.79 Å². The minimum atomic E-state index is -0.204. The highest BCUT2D eigenvalue weighted by Gasteiger charge is 2.25. The highest BCUT2D eigenvalue weighted by molar-refractivity contribution is 6.09. The second-order valence-corrected chi connectivity index (χ2v) is 5.76. The molecule has 2 aromatic carbocycles. The lowest BCUT2D eigenvalue weighted by atomic mass is 10.1. The first-order valence-corrected chi connectivity index (χ1v) is 8.02. The number of benzene rings is 2. The van der Waals surface area contributed by atoms with Crippen LogP contribution in [0.3, 0.4) is 0 Å². The van der Waals surface area contributed by atoms with Gasteiger partial charge in [-0.15, -0.1) is 0 Å². The second kappa shape index (κ2) is 7.17. The number of carbonyl (C=O) groups is 2. The predicted molar refractivity (Wildman–Crippen MR) is 92.4 cm³/mol. The van der Waals surface area contributed by atoms with Crippen molar-refractivity contribution in [3.05, 3.63) is 59.7 Å². The molecular weight excluding hydrogens is 304 g/mol. The van der Waals surface area contributed by atoms with Crippen molar-refractivity contribution in [2.75, 3.05) is 24.6 Å². The summed E-state index contributed by atoms with van der Waals surface area (Å²) >= 11 is 0. The Kier molecular flexibility index (Phi) is 4.79. The third kappa shape index (κ3) is 3.56. The molecule has 124 valence electrons. The fraction of sp³-hybridized carbons (Fsp3) is 0.263. The molecule has 0 aliphatic carbocycles. The van der Waals surface area contributed by atoms with Gasteiger partial charge in [-0.3, -0.25) is 9.59 Å². The maximum Gasteiger partial charge on any atom is 0.253 e. The molecule has 2 aromatic rings. The first-order valence-electron chi connectivity index (χ1n) is 8.02. The molecule has 0 saturated heterocycles. The third-order valence-electron chi connectivity index (χ3n) is 3.93. The van der Waals surface area contributed by atoms with Gasteiger partial charge in [-0.25, -0.2) is 0 Å². The van der Waals surface area contributed by atoms with Crippen LogP contribution >= 0.6 is 0 Å². The van der Waals surface area contributed by atoms with Crippen molar-refractivity contribution < 1.29 is 14.3 Å². The quantitative estimate of drug-likeness (QED) is 0.860. The van der Waals surface area contributed by atoms with E-state index in [-0.39, 0.29) is 18.4 Å². The Hall–Kier alpha value is -2.82. The summed E-state index contributed by atoms with van der Waals surface area (Å²) in [5, 5.41) is 2.66. The Balaban J connectivity index is 1.68. The second-order valence-electron chi connectivity index (χ2n) is 5.76. The monoisotopic (exact) mass is 324 g/mol. The Labute approximate surface area is 141 Å². The van der Waals surface area contributed by atoms with Crippen molar-refractivity contribution in [3.63, 3.8) is 0 Å². The summed E-state index contributed by atoms with van der Waals surface area (Å²) in [6.45, 7) is 2.97. The van der Waals surface area contributed by atoms with Gasteiger partial charge in [-0.2, -0.15) is 0 Å². The van der Waals surface area contributed by atoms with E-state index in [9.17, 15) is 9.59 Å². The van der Waals surface area contributed by atoms with Crippen LogP contribution in [0.15, 0.2) is 48.5 Å². The Morgan fingerprint density at radius 3 is 2.71 bits per heavy atom. The maximum absolute atomic E-state index is 12.3. The molecule has 0 radical (unpaired) electrons. The molecule has 0 atom stereocenters. The molecular formula is C19H20N2O3. The molecule has 2 amide bonds. The first kappa shape index (κ1) is 16.1. The summed E-state index contributed by atoms with van der Waals surface area (Å²) in [7, 11) is 0. The summed E-state index contributed by atoms with van der Waals surface area (Å²) in [5.74, 6) is 0.503. The molecule has 1 aliphatic heterocycles. The van der Waals surface area contributed by atoms with E-state index in [0.717, 1.165) is 11.3 Å². The molecule has 0 bridgehead atoms. The zero-order chi connectivity index (χ0) is 16.9. The van der Waals surface area contributed by atoms with Gasteiger partial charge in [-0.05, 0) is 37.6 Å². The van der Waals surface area contributed by atoms with Crippen molar-refractivity contribution in [2.45, 2.75) is 13.3 Å². The smallest absolute Gasteiger partial charge is 0.253 e. The lowest BCUT2D eigenvalue weighted by molar-refractivity contribution is -0.117. The SMILES string of the molecule is Cc1ccc2c(c1)C(=O)NCC(=O)N2CCCOc1ccccc1. The fourth-order valence-corrected chi connectivity index (χ4v) is 2.72. The van der Waals surface area contributed by atoms with Crippen LogP contribution in [0.2, 0.25) is 0 Å². The number of carbonyl (C=O) groups excluding carboxylic acids is 2. The number of anilines is 1. The molecule has 1 aliphatic rings. The van der Waals surface area contributed by atoms with Crippen molar-refractivity contribution in [3.8, 4) is 5.75 Å². The van der Waals surface area contributed by atoms with E-state index in [1.54, 1.807) is 4.90 Å². The fourth-order valence-electron chi connectivity index (χ4n) is 2.72. The number of para-hydroxylation sites is 1. The normalized spacial score (nSPS) is 14.0. The van der Waals surface area contributed by atoms with Crippen molar-refractivity contribution in [2.24, 2.45) is 0 Å². The first-order chi connectivity index (χ1) is 11.6. The number of hydrogen-bond acceptors (Lipinski definition) is 3. The summed E-state index contributed by atoms with van der Waals surface area (Å²) in [6, 6.07) is 15.1. The zero-order valence-electron chi connectivity index (χ0n) is 13.6. The van der Waals surface area contributed by atoms with Crippen LogP contribution in [0.25, 0.3) is 0 Å². The number of aryl methyl sites for hydroxylation is 1. The van der Waals surface area contributed by atoms with E-state index in [2.05, 4.69) is 5.32 Å². The van der Waals surface area contributed by atoms with Crippen LogP contribution in [-0.4, -0.2) is 31.5 Å². The standard InChI is InChI=1S/C19H20N2O3/c1-14-8-9-17-16(12-14)19(23)20-13-18(22)21(17)10-5-11-24-15-6-3-2-4-7-15/h2-4,6-9,12H,5,10-11,13H2,1H3,(H,20,23). The molecule has 5 heteroatoms. The molecule has 5 nitrogen and oxygen atoms in total. The van der Waals surface area contributed by atoms with E-state index in [1.165, 1.54) is 0 Å². The van der Waals surface area contributed by atoms with Gasteiger partial charge in [0.1, 0.15) is 5.75 Å². The molecule has 1 N–H and O–H groups in total. The van der Waals surface area contributed by atoms with Gasteiger partial charge in [0.15, 0.2) is 0 Å². The van der Waals surface area contributed by atoms with Crippen LogP contribution < -0.4 is 15.0 Å². The molecule has 0 saturated carbocycles. The number of amides is 2. The van der Waals surface area contributed by atoms with Gasteiger partial charge in [0.05, 0.1) is 24.4 Å². The van der Waals surface area contributed by atoms with E-state index in [1.807, 2.05) is 55.5 Å². The van der Waals surface area contributed by atoms with Gasteiger partial charge in [0.25, 0.3) is 5.91 Å². The van der Waals surface area contributed by atoms with E-state index in [4.69, 9.17) is 4.74 Å². The van der Waals surface area contributed by atoms with Crippen molar-refractivity contribution in [1.82, 2.24) is 5.32 Å². The van der Waals surface area contributed by atoms with Gasteiger partial charge < -0.3 is 15.0 Å². The highest BCUT2D eigenvalue weighted by Crippen LogP contribution is 2.24. The van der Waals surface area contributed by atoms with Crippen LogP contribution in [0.1, 0.15) is 22.3 Å². The summed E-state index contributed by atoms with van der Waals surface area (Å²) in [4.78, 5) is 26.2. The molecule has 0 unspecified atom stereocenters. The van der Waals surface area contributed by atoms with Crippen LogP contribution in [0.4, 0.5) is 5.69 Å². The number of fused-ring (bicyclic) bond motifs is 1. The lowest BCUT2D eigenvalue weighted by Gasteiger charge is -2.22. The molecule has 0 aromatic heterocycles. The van der Waals surface area contributed by atoms with Crippen LogP contribution in [0, 0.1) is 6.92 Å². The van der Waals surface area contributed by atoms with Gasteiger partial charge in [0.2, 0.25) is 5.91 Å².